The molecule has 1 heterocycles. The van der Waals surface area contributed by atoms with Crippen molar-refractivity contribution in [1.82, 2.24) is 10.2 Å². The van der Waals surface area contributed by atoms with Crippen molar-refractivity contribution in [2.24, 2.45) is 0 Å². The topological polar surface area (TPSA) is 50.8 Å². The molecule has 2 aromatic rings. The zero-order valence-electron chi connectivity index (χ0n) is 21.5. The molecule has 0 aromatic heterocycles. The van der Waals surface area contributed by atoms with Gasteiger partial charge in [-0.1, -0.05) is 74.7 Å². The molecule has 1 aliphatic heterocycles. The molecule has 1 aliphatic rings. The average Bonchev–Trinajstić information content (AvgIpc) is 3.29. The van der Waals surface area contributed by atoms with Gasteiger partial charge < -0.3 is 19.7 Å². The molecule has 1 fully saturated rings. The molecule has 35 heavy (non-hydrogen) atoms. The van der Waals surface area contributed by atoms with Gasteiger partial charge in [0.05, 0.1) is 19.8 Å². The lowest BCUT2D eigenvalue weighted by molar-refractivity contribution is 0.0138. The van der Waals surface area contributed by atoms with Crippen LogP contribution in [0, 0.1) is 0 Å². The van der Waals surface area contributed by atoms with Crippen LogP contribution in [0.2, 0.25) is 0 Å². The summed E-state index contributed by atoms with van der Waals surface area (Å²) in [6.45, 7) is 7.27. The lowest BCUT2D eigenvalue weighted by atomic mass is 10.0. The van der Waals surface area contributed by atoms with E-state index in [4.69, 9.17) is 9.47 Å². The molecule has 0 saturated carbocycles. The van der Waals surface area contributed by atoms with Gasteiger partial charge in [0, 0.05) is 18.6 Å². The fourth-order valence-electron chi connectivity index (χ4n) is 4.94. The van der Waals surface area contributed by atoms with E-state index < -0.39 is 0 Å². The van der Waals surface area contributed by atoms with E-state index in [1.165, 1.54) is 18.4 Å². The van der Waals surface area contributed by atoms with Crippen LogP contribution in [0.1, 0.15) is 69.4 Å². The number of amides is 2. The zero-order chi connectivity index (χ0) is 24.9. The number of likely N-dealkylation sites (tertiary alicyclic amines) is 1. The summed E-state index contributed by atoms with van der Waals surface area (Å²) in [5.41, 5.74) is 2.25. The Balaban J connectivity index is 1.64. The number of nitrogens with zero attached hydrogens (tertiary/aromatic N) is 1. The first-order valence-corrected chi connectivity index (χ1v) is 13.1. The fourth-order valence-corrected chi connectivity index (χ4v) is 4.94. The number of benzene rings is 2. The Morgan fingerprint density at radius 2 is 1.83 bits per heavy atom. The lowest BCUT2D eigenvalue weighted by Crippen LogP contribution is -2.47. The van der Waals surface area contributed by atoms with Crippen LogP contribution in [0.25, 0.3) is 0 Å². The third-order valence-corrected chi connectivity index (χ3v) is 6.89. The van der Waals surface area contributed by atoms with Crippen molar-refractivity contribution in [3.8, 4) is 5.75 Å². The van der Waals surface area contributed by atoms with Gasteiger partial charge >= 0.3 is 6.03 Å². The fraction of sp³-hybridized carbons (Fsp3) is 0.500. The van der Waals surface area contributed by atoms with Crippen LogP contribution in [-0.4, -0.2) is 36.2 Å². The summed E-state index contributed by atoms with van der Waals surface area (Å²) in [7, 11) is 1.66. The predicted molar refractivity (Wildman–Crippen MR) is 142 cm³/mol. The van der Waals surface area contributed by atoms with Gasteiger partial charge in [0.1, 0.15) is 5.75 Å². The van der Waals surface area contributed by atoms with E-state index >= 15 is 0 Å². The maximum atomic E-state index is 13.4. The Labute approximate surface area is 211 Å². The number of urea groups is 1. The third-order valence-electron chi connectivity index (χ3n) is 6.89. The molecule has 5 heteroatoms. The largest absolute Gasteiger partial charge is 0.497 e. The molecule has 3 rings (SSSR count). The van der Waals surface area contributed by atoms with E-state index in [0.29, 0.717) is 13.2 Å². The van der Waals surface area contributed by atoms with E-state index in [0.717, 1.165) is 49.8 Å². The van der Waals surface area contributed by atoms with E-state index in [2.05, 4.69) is 48.0 Å². The van der Waals surface area contributed by atoms with Crippen LogP contribution in [-0.2, 0) is 17.9 Å². The van der Waals surface area contributed by atoms with Gasteiger partial charge in [-0.05, 0) is 55.4 Å². The first-order chi connectivity index (χ1) is 17.1. The van der Waals surface area contributed by atoms with Gasteiger partial charge in [0.15, 0.2) is 0 Å². The molecule has 190 valence electrons. The number of methoxy groups -OCH3 is 1. The van der Waals surface area contributed by atoms with E-state index in [1.54, 1.807) is 7.11 Å². The van der Waals surface area contributed by atoms with Gasteiger partial charge in [0.25, 0.3) is 0 Å². The Kier molecular flexibility index (Phi) is 11.2. The maximum Gasteiger partial charge on any atom is 0.318 e. The summed E-state index contributed by atoms with van der Waals surface area (Å²) in [6.07, 6.45) is 10.4. The van der Waals surface area contributed by atoms with Gasteiger partial charge in [-0.2, -0.15) is 0 Å². The SMILES string of the molecule is C=CC[C@H]1CC[C@@H](C[C@H](CCCCC)OCc2ccccc2)N1C(=O)NCc1ccc(OC)cc1. The maximum absolute atomic E-state index is 13.4. The van der Waals surface area contributed by atoms with Crippen LogP contribution < -0.4 is 10.1 Å². The molecule has 2 aromatic carbocycles. The first kappa shape index (κ1) is 26.8. The molecule has 0 bridgehead atoms. The van der Waals surface area contributed by atoms with Crippen molar-refractivity contribution >= 4 is 6.03 Å². The number of hydrogen-bond donors (Lipinski definition) is 1. The highest BCUT2D eigenvalue weighted by Gasteiger charge is 2.37. The number of nitrogens with one attached hydrogen (secondary N) is 1. The Morgan fingerprint density at radius 3 is 2.51 bits per heavy atom. The van der Waals surface area contributed by atoms with Crippen molar-refractivity contribution in [2.45, 2.75) is 89.6 Å². The van der Waals surface area contributed by atoms with Crippen molar-refractivity contribution in [3.63, 3.8) is 0 Å². The van der Waals surface area contributed by atoms with Crippen molar-refractivity contribution < 1.29 is 14.3 Å². The number of carbonyl (C=O) groups excluding carboxylic acids is 1. The average molecular weight is 479 g/mol. The quantitative estimate of drug-likeness (QED) is 0.238. The second kappa shape index (κ2) is 14.6. The molecule has 5 nitrogen and oxygen atoms in total. The van der Waals surface area contributed by atoms with E-state index in [-0.39, 0.29) is 24.2 Å². The van der Waals surface area contributed by atoms with Gasteiger partial charge in [-0.25, -0.2) is 4.79 Å². The number of unbranched alkanes of at least 4 members (excludes halogenated alkanes) is 2. The molecule has 3 atom stereocenters. The van der Waals surface area contributed by atoms with Crippen LogP contribution in [0.3, 0.4) is 0 Å². The standard InChI is InChI=1S/C30H42N2O3/c1-4-6-8-14-29(35-23-25-12-9-7-10-13-25)21-27-18-17-26(11-5-2)32(27)30(33)31-22-24-15-19-28(34-3)20-16-24/h5,7,9-10,12-13,15-16,19-20,26-27,29H,2,4,6,8,11,14,17-18,21-23H2,1,3H3,(H,31,33)/t26-,27-,29-/m0/s1. The van der Waals surface area contributed by atoms with Crippen molar-refractivity contribution in [3.05, 3.63) is 78.4 Å². The minimum absolute atomic E-state index is 0.00513. The summed E-state index contributed by atoms with van der Waals surface area (Å²) in [4.78, 5) is 15.4. The van der Waals surface area contributed by atoms with Gasteiger partial charge in [0.2, 0.25) is 0 Å². The van der Waals surface area contributed by atoms with E-state index in [1.807, 2.05) is 36.4 Å². The normalized spacial score (nSPS) is 18.3. The second-order valence-electron chi connectivity index (χ2n) is 9.47. The van der Waals surface area contributed by atoms with Crippen LogP contribution >= 0.6 is 0 Å². The van der Waals surface area contributed by atoms with Crippen molar-refractivity contribution in [2.75, 3.05) is 7.11 Å². The molecular formula is C30H42N2O3. The Bertz CT molecular complexity index is 884. The monoisotopic (exact) mass is 478 g/mol. The highest BCUT2D eigenvalue weighted by Crippen LogP contribution is 2.31. The summed E-state index contributed by atoms with van der Waals surface area (Å²) in [5.74, 6) is 0.815. The minimum Gasteiger partial charge on any atom is -0.497 e. The summed E-state index contributed by atoms with van der Waals surface area (Å²) < 4.78 is 11.7. The molecule has 1 N–H and O–H groups in total. The predicted octanol–water partition coefficient (Wildman–Crippen LogP) is 6.87. The summed E-state index contributed by atoms with van der Waals surface area (Å²) in [6, 6.07) is 18.6. The highest BCUT2D eigenvalue weighted by atomic mass is 16.5. The number of ether oxygens (including phenoxy) is 2. The Morgan fingerprint density at radius 1 is 1.09 bits per heavy atom. The minimum atomic E-state index is 0.00513. The zero-order valence-corrected chi connectivity index (χ0v) is 21.5. The number of rotatable bonds is 14. The number of carbonyl (C=O) groups is 1. The third kappa shape index (κ3) is 8.43. The molecule has 0 aliphatic carbocycles. The molecule has 2 amide bonds. The second-order valence-corrected chi connectivity index (χ2v) is 9.47. The van der Waals surface area contributed by atoms with Gasteiger partial charge in [-0.3, -0.25) is 0 Å². The van der Waals surface area contributed by atoms with Crippen LogP contribution in [0.15, 0.2) is 67.3 Å². The molecular weight excluding hydrogens is 436 g/mol. The molecule has 0 spiro atoms. The first-order valence-electron chi connectivity index (χ1n) is 13.1. The van der Waals surface area contributed by atoms with Crippen LogP contribution in [0.5, 0.6) is 5.75 Å². The number of hydrogen-bond acceptors (Lipinski definition) is 3. The summed E-state index contributed by atoms with van der Waals surface area (Å²) >= 11 is 0. The molecule has 0 radical (unpaired) electrons. The van der Waals surface area contributed by atoms with Gasteiger partial charge in [-0.15, -0.1) is 6.58 Å². The smallest absolute Gasteiger partial charge is 0.318 e. The van der Waals surface area contributed by atoms with E-state index in [9.17, 15) is 4.79 Å². The molecule has 0 unspecified atom stereocenters. The highest BCUT2D eigenvalue weighted by molar-refractivity contribution is 5.75. The van der Waals surface area contributed by atoms with Crippen molar-refractivity contribution in [1.29, 1.82) is 0 Å². The molecule has 1 saturated heterocycles. The van der Waals surface area contributed by atoms with Crippen LogP contribution in [0.4, 0.5) is 4.79 Å². The Hall–Kier alpha value is -2.79. The summed E-state index contributed by atoms with van der Waals surface area (Å²) in [5, 5.41) is 3.15. The lowest BCUT2D eigenvalue weighted by Gasteiger charge is -2.32.